The number of benzene rings is 1. The van der Waals surface area contributed by atoms with E-state index in [4.69, 9.17) is 4.99 Å². The third-order valence-corrected chi connectivity index (χ3v) is 5.20. The highest BCUT2D eigenvalue weighted by Gasteiger charge is 2.41. The highest BCUT2D eigenvalue weighted by atomic mass is 19.4. The van der Waals surface area contributed by atoms with E-state index in [1.165, 1.54) is 17.2 Å². The molecule has 2 aromatic rings. The van der Waals surface area contributed by atoms with Gasteiger partial charge in [-0.3, -0.25) is 9.89 Å². The summed E-state index contributed by atoms with van der Waals surface area (Å²) in [5, 5.41) is 4.45. The van der Waals surface area contributed by atoms with Crippen LogP contribution in [0.4, 0.5) is 13.2 Å². The van der Waals surface area contributed by atoms with Crippen LogP contribution in [0.3, 0.4) is 0 Å². The first-order valence-electron chi connectivity index (χ1n) is 9.79. The molecule has 8 heteroatoms. The standard InChI is InChI=1S/C20H28F3N5/c1-3-24-19(28-12-10-27(11-13-28)15(2)20(21,22)23)25-9-8-17-14-16-6-4-5-7-18(16)26-17/h4-7,14-15,26H,3,8-13H2,1-2H3,(H,24,25). The molecule has 0 spiro atoms. The fourth-order valence-corrected chi connectivity index (χ4v) is 3.50. The van der Waals surface area contributed by atoms with Crippen LogP contribution < -0.4 is 5.32 Å². The summed E-state index contributed by atoms with van der Waals surface area (Å²) in [7, 11) is 0. The number of aromatic nitrogens is 1. The Hall–Kier alpha value is -2.22. The van der Waals surface area contributed by atoms with Crippen molar-refractivity contribution < 1.29 is 13.2 Å². The maximum atomic E-state index is 12.9. The van der Waals surface area contributed by atoms with Crippen molar-refractivity contribution in [2.75, 3.05) is 39.3 Å². The van der Waals surface area contributed by atoms with E-state index in [1.807, 2.05) is 30.0 Å². The number of para-hydroxylation sites is 1. The van der Waals surface area contributed by atoms with Gasteiger partial charge in [0.25, 0.3) is 0 Å². The number of nitrogens with zero attached hydrogens (tertiary/aromatic N) is 3. The number of piperazine rings is 1. The molecular formula is C20H28F3N5. The third-order valence-electron chi connectivity index (χ3n) is 5.20. The van der Waals surface area contributed by atoms with Crippen molar-refractivity contribution in [2.24, 2.45) is 4.99 Å². The van der Waals surface area contributed by atoms with Gasteiger partial charge in [0.05, 0.1) is 0 Å². The number of aromatic amines is 1. The average molecular weight is 395 g/mol. The third kappa shape index (κ3) is 4.98. The van der Waals surface area contributed by atoms with E-state index in [0.717, 1.165) is 30.1 Å². The van der Waals surface area contributed by atoms with Crippen molar-refractivity contribution in [3.63, 3.8) is 0 Å². The molecule has 1 atom stereocenters. The van der Waals surface area contributed by atoms with Gasteiger partial charge in [0.2, 0.25) is 0 Å². The quantitative estimate of drug-likeness (QED) is 0.604. The minimum Gasteiger partial charge on any atom is -0.358 e. The van der Waals surface area contributed by atoms with E-state index in [9.17, 15) is 13.2 Å². The van der Waals surface area contributed by atoms with E-state index in [1.54, 1.807) is 0 Å². The Morgan fingerprint density at radius 3 is 2.57 bits per heavy atom. The number of hydrogen-bond donors (Lipinski definition) is 2. The smallest absolute Gasteiger partial charge is 0.358 e. The van der Waals surface area contributed by atoms with Crippen LogP contribution in [0.2, 0.25) is 0 Å². The Labute approximate surface area is 163 Å². The summed E-state index contributed by atoms with van der Waals surface area (Å²) >= 11 is 0. The highest BCUT2D eigenvalue weighted by molar-refractivity contribution is 5.81. The Morgan fingerprint density at radius 1 is 1.21 bits per heavy atom. The molecule has 5 nitrogen and oxygen atoms in total. The molecule has 2 N–H and O–H groups in total. The molecule has 2 heterocycles. The van der Waals surface area contributed by atoms with Gasteiger partial charge >= 0.3 is 6.18 Å². The van der Waals surface area contributed by atoms with Crippen LogP contribution in [-0.2, 0) is 6.42 Å². The Bertz CT molecular complexity index is 757. The molecule has 0 bridgehead atoms. The molecule has 1 saturated heterocycles. The number of alkyl halides is 3. The first-order chi connectivity index (χ1) is 13.4. The van der Waals surface area contributed by atoms with E-state index in [0.29, 0.717) is 32.7 Å². The van der Waals surface area contributed by atoms with Crippen LogP contribution in [0.15, 0.2) is 35.3 Å². The predicted molar refractivity (Wildman–Crippen MR) is 107 cm³/mol. The SMILES string of the molecule is CCNC(=NCCc1cc2ccccc2[nH]1)N1CCN(C(C)C(F)(F)F)CC1. The number of halogens is 3. The van der Waals surface area contributed by atoms with Crippen molar-refractivity contribution in [1.82, 2.24) is 20.1 Å². The average Bonchev–Trinajstić information content (AvgIpc) is 3.09. The van der Waals surface area contributed by atoms with Crippen LogP contribution in [0.1, 0.15) is 19.5 Å². The summed E-state index contributed by atoms with van der Waals surface area (Å²) in [5.74, 6) is 0.776. The molecule has 0 saturated carbocycles. The van der Waals surface area contributed by atoms with Gasteiger partial charge in [-0.15, -0.1) is 0 Å². The predicted octanol–water partition coefficient (Wildman–Crippen LogP) is 3.24. The molecule has 1 fully saturated rings. The number of nitrogens with one attached hydrogen (secondary N) is 2. The summed E-state index contributed by atoms with van der Waals surface area (Å²) < 4.78 is 38.8. The van der Waals surface area contributed by atoms with Gasteiger partial charge in [0.15, 0.2) is 5.96 Å². The van der Waals surface area contributed by atoms with E-state index < -0.39 is 12.2 Å². The molecular weight excluding hydrogens is 367 g/mol. The molecule has 1 unspecified atom stereocenters. The van der Waals surface area contributed by atoms with Gasteiger partial charge in [-0.25, -0.2) is 0 Å². The van der Waals surface area contributed by atoms with Crippen molar-refractivity contribution >= 4 is 16.9 Å². The number of hydrogen-bond acceptors (Lipinski definition) is 2. The fourth-order valence-electron chi connectivity index (χ4n) is 3.50. The molecule has 1 aromatic carbocycles. The van der Waals surface area contributed by atoms with E-state index in [-0.39, 0.29) is 0 Å². The number of guanidine groups is 1. The normalized spacial score (nSPS) is 17.9. The van der Waals surface area contributed by atoms with Crippen LogP contribution >= 0.6 is 0 Å². The lowest BCUT2D eigenvalue weighted by molar-refractivity contribution is -0.181. The Kier molecular flexibility index (Phi) is 6.49. The zero-order chi connectivity index (χ0) is 20.1. The lowest BCUT2D eigenvalue weighted by Gasteiger charge is -2.39. The van der Waals surface area contributed by atoms with Crippen LogP contribution in [-0.4, -0.2) is 72.2 Å². The molecule has 3 rings (SSSR count). The molecule has 1 aromatic heterocycles. The summed E-state index contributed by atoms with van der Waals surface area (Å²) in [6.07, 6.45) is -3.39. The summed E-state index contributed by atoms with van der Waals surface area (Å²) in [5.41, 5.74) is 2.24. The van der Waals surface area contributed by atoms with Gasteiger partial charge in [0.1, 0.15) is 6.04 Å². The fraction of sp³-hybridized carbons (Fsp3) is 0.550. The molecule has 0 amide bonds. The lowest BCUT2D eigenvalue weighted by atomic mass is 10.2. The topological polar surface area (TPSA) is 46.7 Å². The van der Waals surface area contributed by atoms with Crippen LogP contribution in [0.25, 0.3) is 10.9 Å². The highest BCUT2D eigenvalue weighted by Crippen LogP contribution is 2.25. The minimum atomic E-state index is -4.18. The number of fused-ring (bicyclic) bond motifs is 1. The number of aliphatic imine (C=N–C) groups is 1. The molecule has 0 radical (unpaired) electrons. The maximum Gasteiger partial charge on any atom is 0.403 e. The maximum absolute atomic E-state index is 12.9. The number of H-pyrrole nitrogens is 1. The Balaban J connectivity index is 1.57. The molecule has 0 aliphatic carbocycles. The van der Waals surface area contributed by atoms with Gasteiger partial charge in [0, 0.05) is 56.9 Å². The summed E-state index contributed by atoms with van der Waals surface area (Å²) in [4.78, 5) is 11.6. The van der Waals surface area contributed by atoms with Crippen molar-refractivity contribution in [1.29, 1.82) is 0 Å². The molecule has 28 heavy (non-hydrogen) atoms. The van der Waals surface area contributed by atoms with Crippen LogP contribution in [0.5, 0.6) is 0 Å². The zero-order valence-electron chi connectivity index (χ0n) is 16.4. The summed E-state index contributed by atoms with van der Waals surface area (Å²) in [6.45, 7) is 6.42. The lowest BCUT2D eigenvalue weighted by Crippen LogP contribution is -2.56. The zero-order valence-corrected chi connectivity index (χ0v) is 16.4. The summed E-state index contributed by atoms with van der Waals surface area (Å²) in [6, 6.07) is 8.87. The molecule has 1 aliphatic heterocycles. The van der Waals surface area contributed by atoms with E-state index >= 15 is 0 Å². The van der Waals surface area contributed by atoms with Gasteiger partial charge in [-0.1, -0.05) is 18.2 Å². The van der Waals surface area contributed by atoms with Crippen molar-refractivity contribution in [2.45, 2.75) is 32.5 Å². The van der Waals surface area contributed by atoms with Crippen molar-refractivity contribution in [3.8, 4) is 0 Å². The Morgan fingerprint density at radius 2 is 1.93 bits per heavy atom. The first-order valence-corrected chi connectivity index (χ1v) is 9.79. The molecule has 1 aliphatic rings. The second kappa shape index (κ2) is 8.86. The number of rotatable bonds is 5. The van der Waals surface area contributed by atoms with Gasteiger partial charge in [-0.05, 0) is 31.4 Å². The van der Waals surface area contributed by atoms with Gasteiger partial charge in [-0.2, -0.15) is 13.2 Å². The monoisotopic (exact) mass is 395 g/mol. The second-order valence-electron chi connectivity index (χ2n) is 7.11. The first kappa shape index (κ1) is 20.5. The van der Waals surface area contributed by atoms with Gasteiger partial charge < -0.3 is 15.2 Å². The van der Waals surface area contributed by atoms with E-state index in [2.05, 4.69) is 22.4 Å². The van der Waals surface area contributed by atoms with Crippen molar-refractivity contribution in [3.05, 3.63) is 36.0 Å². The van der Waals surface area contributed by atoms with Crippen LogP contribution in [0, 0.1) is 0 Å². The molecule has 154 valence electrons. The second-order valence-corrected chi connectivity index (χ2v) is 7.11. The largest absolute Gasteiger partial charge is 0.403 e. The minimum absolute atomic E-state index is 0.382.